The Balaban J connectivity index is 1.65. The molecule has 2 rings (SSSR count). The van der Waals surface area contributed by atoms with Gasteiger partial charge in [-0.15, -0.1) is 0 Å². The van der Waals surface area contributed by atoms with Crippen molar-refractivity contribution in [1.82, 2.24) is 15.1 Å². The molecule has 3 N–H and O–H groups in total. The Labute approximate surface area is 144 Å². The Bertz CT molecular complexity index is 426. The molecule has 2 atom stereocenters. The summed E-state index contributed by atoms with van der Waals surface area (Å²) < 4.78 is 0. The number of aliphatic hydroxyl groups is 1. The van der Waals surface area contributed by atoms with Crippen molar-refractivity contribution in [2.45, 2.75) is 50.7 Å². The molecular formula is C17H31N3O4. The lowest BCUT2D eigenvalue weighted by Crippen LogP contribution is -2.43. The van der Waals surface area contributed by atoms with Gasteiger partial charge in [0.1, 0.15) is 0 Å². The van der Waals surface area contributed by atoms with Crippen molar-refractivity contribution >= 4 is 11.9 Å². The van der Waals surface area contributed by atoms with Crippen molar-refractivity contribution in [3.8, 4) is 0 Å². The molecule has 0 spiro atoms. The SMILES string of the molecule is CN(CC(=O)O)[C@@H]1CN(CC(=O)NCCC2CCCCC2)C[C@H]1O. The van der Waals surface area contributed by atoms with Gasteiger partial charge in [-0.05, 0) is 19.4 Å². The van der Waals surface area contributed by atoms with Crippen molar-refractivity contribution < 1.29 is 19.8 Å². The Kier molecular flexibility index (Phi) is 7.45. The third-order valence-electron chi connectivity index (χ3n) is 5.25. The first-order valence-corrected chi connectivity index (χ1v) is 9.05. The topological polar surface area (TPSA) is 93.1 Å². The van der Waals surface area contributed by atoms with Gasteiger partial charge in [0, 0.05) is 25.7 Å². The lowest BCUT2D eigenvalue weighted by Gasteiger charge is -2.24. The zero-order chi connectivity index (χ0) is 17.5. The number of nitrogens with zero attached hydrogens (tertiary/aromatic N) is 2. The molecule has 7 heteroatoms. The summed E-state index contributed by atoms with van der Waals surface area (Å²) >= 11 is 0. The molecule has 0 unspecified atom stereocenters. The summed E-state index contributed by atoms with van der Waals surface area (Å²) in [4.78, 5) is 26.4. The van der Waals surface area contributed by atoms with Gasteiger partial charge in [-0.2, -0.15) is 0 Å². The number of aliphatic carboxylic acids is 1. The molecule has 0 bridgehead atoms. The predicted molar refractivity (Wildman–Crippen MR) is 90.7 cm³/mol. The van der Waals surface area contributed by atoms with Crippen LogP contribution >= 0.6 is 0 Å². The molecule has 0 aromatic rings. The first-order valence-electron chi connectivity index (χ1n) is 9.05. The lowest BCUT2D eigenvalue weighted by atomic mass is 9.87. The number of amides is 1. The fraction of sp³-hybridized carbons (Fsp3) is 0.882. The summed E-state index contributed by atoms with van der Waals surface area (Å²) in [5.41, 5.74) is 0. The number of hydrogen-bond acceptors (Lipinski definition) is 5. The fourth-order valence-electron chi connectivity index (χ4n) is 3.89. The zero-order valence-electron chi connectivity index (χ0n) is 14.6. The van der Waals surface area contributed by atoms with Crippen LogP contribution in [0.15, 0.2) is 0 Å². The molecule has 1 saturated heterocycles. The molecule has 2 fully saturated rings. The van der Waals surface area contributed by atoms with Gasteiger partial charge < -0.3 is 15.5 Å². The van der Waals surface area contributed by atoms with Gasteiger partial charge in [0.25, 0.3) is 0 Å². The van der Waals surface area contributed by atoms with Gasteiger partial charge in [0.05, 0.1) is 19.2 Å². The second-order valence-electron chi connectivity index (χ2n) is 7.28. The van der Waals surface area contributed by atoms with Gasteiger partial charge in [-0.25, -0.2) is 0 Å². The number of rotatable bonds is 8. The van der Waals surface area contributed by atoms with Crippen molar-refractivity contribution in [3.63, 3.8) is 0 Å². The van der Waals surface area contributed by atoms with Gasteiger partial charge in [0.15, 0.2) is 0 Å². The molecule has 1 amide bonds. The molecule has 138 valence electrons. The number of likely N-dealkylation sites (tertiary alicyclic amines) is 1. The number of carbonyl (C=O) groups excluding carboxylic acids is 1. The van der Waals surface area contributed by atoms with E-state index in [9.17, 15) is 14.7 Å². The van der Waals surface area contributed by atoms with E-state index >= 15 is 0 Å². The number of carbonyl (C=O) groups is 2. The maximum Gasteiger partial charge on any atom is 0.317 e. The van der Waals surface area contributed by atoms with Crippen LogP contribution in [0.2, 0.25) is 0 Å². The predicted octanol–water partition coefficient (Wildman–Crippen LogP) is 0.135. The maximum absolute atomic E-state index is 12.1. The second-order valence-corrected chi connectivity index (χ2v) is 7.28. The zero-order valence-corrected chi connectivity index (χ0v) is 14.6. The molecule has 24 heavy (non-hydrogen) atoms. The highest BCUT2D eigenvalue weighted by Crippen LogP contribution is 2.25. The Morgan fingerprint density at radius 3 is 2.58 bits per heavy atom. The summed E-state index contributed by atoms with van der Waals surface area (Å²) in [5.74, 6) is -0.176. The molecule has 1 heterocycles. The minimum atomic E-state index is -0.913. The number of aliphatic hydroxyl groups excluding tert-OH is 1. The van der Waals surface area contributed by atoms with Crippen molar-refractivity contribution in [2.24, 2.45) is 5.92 Å². The number of carboxylic acid groups (broad SMARTS) is 1. The first kappa shape index (κ1) is 19.1. The molecule has 1 aliphatic heterocycles. The molecule has 1 saturated carbocycles. The van der Waals surface area contributed by atoms with Crippen LogP contribution in [0.5, 0.6) is 0 Å². The standard InChI is InChI=1S/C17H31N3O4/c1-19(12-17(23)24)14-9-20(10-15(14)21)11-16(22)18-8-7-13-5-3-2-4-6-13/h13-15,21H,2-12H2,1H3,(H,18,22)(H,23,24)/t14-,15-/m1/s1. The summed E-state index contributed by atoms with van der Waals surface area (Å²) in [6.07, 6.45) is 6.97. The maximum atomic E-state index is 12.1. The van der Waals surface area contributed by atoms with Crippen LogP contribution in [-0.2, 0) is 9.59 Å². The Morgan fingerprint density at radius 2 is 1.92 bits per heavy atom. The largest absolute Gasteiger partial charge is 0.480 e. The number of hydrogen-bond donors (Lipinski definition) is 3. The highest BCUT2D eigenvalue weighted by Gasteiger charge is 2.35. The second kappa shape index (κ2) is 9.34. The van der Waals surface area contributed by atoms with Gasteiger partial charge in [-0.3, -0.25) is 19.4 Å². The fourth-order valence-corrected chi connectivity index (χ4v) is 3.89. The number of nitrogens with one attached hydrogen (secondary N) is 1. The van der Waals surface area contributed by atoms with E-state index in [0.29, 0.717) is 13.1 Å². The molecule has 7 nitrogen and oxygen atoms in total. The van der Waals surface area contributed by atoms with E-state index in [0.717, 1.165) is 18.9 Å². The lowest BCUT2D eigenvalue weighted by molar-refractivity contribution is -0.138. The quantitative estimate of drug-likeness (QED) is 0.581. The van der Waals surface area contributed by atoms with Crippen LogP contribution in [0.1, 0.15) is 38.5 Å². The normalized spacial score (nSPS) is 26.0. The van der Waals surface area contributed by atoms with Crippen molar-refractivity contribution in [1.29, 1.82) is 0 Å². The first-order chi connectivity index (χ1) is 11.5. The smallest absolute Gasteiger partial charge is 0.317 e. The van der Waals surface area contributed by atoms with E-state index in [4.69, 9.17) is 5.11 Å². The highest BCUT2D eigenvalue weighted by molar-refractivity contribution is 5.78. The van der Waals surface area contributed by atoms with Crippen molar-refractivity contribution in [2.75, 3.05) is 39.8 Å². The van der Waals surface area contributed by atoms with Gasteiger partial charge in [-0.1, -0.05) is 32.1 Å². The Morgan fingerprint density at radius 1 is 1.21 bits per heavy atom. The molecule has 2 aliphatic rings. The molecule has 1 aliphatic carbocycles. The average molecular weight is 341 g/mol. The van der Waals surface area contributed by atoms with E-state index in [1.165, 1.54) is 32.1 Å². The summed E-state index contributed by atoms with van der Waals surface area (Å²) in [6.45, 7) is 1.80. The van der Waals surface area contributed by atoms with E-state index < -0.39 is 12.1 Å². The monoisotopic (exact) mass is 341 g/mol. The van der Waals surface area contributed by atoms with Crippen LogP contribution in [-0.4, -0.2) is 83.8 Å². The molecule has 0 aromatic heterocycles. The molecule has 0 aromatic carbocycles. The highest BCUT2D eigenvalue weighted by atomic mass is 16.4. The minimum absolute atomic E-state index is 0.0143. The summed E-state index contributed by atoms with van der Waals surface area (Å²) in [7, 11) is 1.69. The van der Waals surface area contributed by atoms with Crippen LogP contribution in [0, 0.1) is 5.92 Å². The van der Waals surface area contributed by atoms with E-state index in [1.807, 2.05) is 4.90 Å². The average Bonchev–Trinajstić information content (AvgIpc) is 2.88. The van der Waals surface area contributed by atoms with Crippen LogP contribution in [0.25, 0.3) is 0 Å². The summed E-state index contributed by atoms with van der Waals surface area (Å²) in [5, 5.41) is 21.9. The van der Waals surface area contributed by atoms with E-state index in [1.54, 1.807) is 11.9 Å². The van der Waals surface area contributed by atoms with Gasteiger partial charge in [0.2, 0.25) is 5.91 Å². The molecular weight excluding hydrogens is 310 g/mol. The number of carboxylic acids is 1. The molecule has 0 radical (unpaired) electrons. The van der Waals surface area contributed by atoms with Gasteiger partial charge >= 0.3 is 5.97 Å². The van der Waals surface area contributed by atoms with E-state index in [2.05, 4.69) is 5.32 Å². The minimum Gasteiger partial charge on any atom is -0.480 e. The van der Waals surface area contributed by atoms with Crippen LogP contribution in [0.4, 0.5) is 0 Å². The van der Waals surface area contributed by atoms with E-state index in [-0.39, 0.29) is 25.0 Å². The third-order valence-corrected chi connectivity index (χ3v) is 5.25. The Hall–Kier alpha value is -1.18. The summed E-state index contributed by atoms with van der Waals surface area (Å²) in [6, 6.07) is -0.240. The van der Waals surface area contributed by atoms with Crippen LogP contribution in [0.3, 0.4) is 0 Å². The number of likely N-dealkylation sites (N-methyl/N-ethyl adjacent to an activating group) is 1. The number of β-amino-alcohol motifs (C(OH)–C–C–N with tert-alkyl or cyclic N) is 1. The third kappa shape index (κ3) is 6.03. The van der Waals surface area contributed by atoms with Crippen LogP contribution < -0.4 is 5.32 Å². The van der Waals surface area contributed by atoms with Crippen molar-refractivity contribution in [3.05, 3.63) is 0 Å².